The molecule has 5 heteroatoms. The Morgan fingerprint density at radius 1 is 1.20 bits per heavy atom. The molecule has 0 amide bonds. The second-order valence-electron chi connectivity index (χ2n) is 4.18. The summed E-state index contributed by atoms with van der Waals surface area (Å²) in [5.74, 6) is -1.35. The zero-order chi connectivity index (χ0) is 14.7. The molecular weight excluding hydrogens is 330 g/mol. The van der Waals surface area contributed by atoms with E-state index in [9.17, 15) is 13.6 Å². The SMILES string of the molecule is COc1ccc(Br)cc1CC(=O)c1cc(F)ccc1F. The molecule has 2 aromatic carbocycles. The first-order valence-electron chi connectivity index (χ1n) is 5.82. The first-order chi connectivity index (χ1) is 9.51. The van der Waals surface area contributed by atoms with E-state index in [4.69, 9.17) is 4.74 Å². The minimum atomic E-state index is -0.731. The molecule has 0 atom stereocenters. The molecule has 0 heterocycles. The predicted molar refractivity (Wildman–Crippen MR) is 75.1 cm³/mol. The molecule has 104 valence electrons. The Kier molecular flexibility index (Phi) is 4.49. The molecule has 2 rings (SSSR count). The van der Waals surface area contributed by atoms with E-state index in [-0.39, 0.29) is 12.0 Å². The number of ether oxygens (including phenoxy) is 1. The molecule has 2 nitrogen and oxygen atoms in total. The zero-order valence-electron chi connectivity index (χ0n) is 10.6. The molecule has 0 fully saturated rings. The van der Waals surface area contributed by atoms with Crippen LogP contribution in [0.1, 0.15) is 15.9 Å². The van der Waals surface area contributed by atoms with E-state index in [2.05, 4.69) is 15.9 Å². The minimum Gasteiger partial charge on any atom is -0.496 e. The molecule has 0 spiro atoms. The Balaban J connectivity index is 2.32. The molecule has 20 heavy (non-hydrogen) atoms. The van der Waals surface area contributed by atoms with E-state index >= 15 is 0 Å². The van der Waals surface area contributed by atoms with Crippen LogP contribution >= 0.6 is 15.9 Å². The van der Waals surface area contributed by atoms with Gasteiger partial charge in [0, 0.05) is 16.5 Å². The molecule has 0 aliphatic rings. The van der Waals surface area contributed by atoms with Crippen molar-refractivity contribution in [1.29, 1.82) is 0 Å². The molecular formula is C15H11BrF2O2. The molecule has 0 bridgehead atoms. The average molecular weight is 341 g/mol. The summed E-state index contributed by atoms with van der Waals surface area (Å²) in [5.41, 5.74) is 0.350. The van der Waals surface area contributed by atoms with Gasteiger partial charge in [0.15, 0.2) is 5.78 Å². The van der Waals surface area contributed by atoms with Crippen molar-refractivity contribution in [3.05, 3.63) is 63.6 Å². The highest BCUT2D eigenvalue weighted by Gasteiger charge is 2.16. The molecule has 0 radical (unpaired) electrons. The molecule has 0 saturated carbocycles. The Morgan fingerprint density at radius 2 is 1.95 bits per heavy atom. The molecule has 0 saturated heterocycles. The Bertz CT molecular complexity index is 656. The van der Waals surface area contributed by atoms with E-state index in [0.717, 1.165) is 22.7 Å². The first-order valence-corrected chi connectivity index (χ1v) is 6.61. The lowest BCUT2D eigenvalue weighted by atomic mass is 10.0. The van der Waals surface area contributed by atoms with Crippen LogP contribution in [0, 0.1) is 11.6 Å². The number of hydrogen-bond acceptors (Lipinski definition) is 2. The highest BCUT2D eigenvalue weighted by molar-refractivity contribution is 9.10. The average Bonchev–Trinajstić information content (AvgIpc) is 2.41. The summed E-state index contributed by atoms with van der Waals surface area (Å²) >= 11 is 3.30. The van der Waals surface area contributed by atoms with Gasteiger partial charge in [-0.15, -0.1) is 0 Å². The number of carbonyl (C=O) groups is 1. The van der Waals surface area contributed by atoms with Crippen LogP contribution in [0.2, 0.25) is 0 Å². The van der Waals surface area contributed by atoms with Crippen molar-refractivity contribution >= 4 is 21.7 Å². The van der Waals surface area contributed by atoms with Gasteiger partial charge in [0.25, 0.3) is 0 Å². The normalized spacial score (nSPS) is 10.4. The van der Waals surface area contributed by atoms with Gasteiger partial charge in [0.05, 0.1) is 12.7 Å². The summed E-state index contributed by atoms with van der Waals surface area (Å²) in [6.07, 6.45) is -0.0665. The minimum absolute atomic E-state index is 0.0665. The van der Waals surface area contributed by atoms with Gasteiger partial charge < -0.3 is 4.74 Å². The lowest BCUT2D eigenvalue weighted by molar-refractivity contribution is 0.0987. The van der Waals surface area contributed by atoms with Gasteiger partial charge in [0.1, 0.15) is 17.4 Å². The van der Waals surface area contributed by atoms with Crippen molar-refractivity contribution in [1.82, 2.24) is 0 Å². The molecule has 0 aliphatic carbocycles. The van der Waals surface area contributed by atoms with Gasteiger partial charge in [-0.3, -0.25) is 4.79 Å². The van der Waals surface area contributed by atoms with Crippen molar-refractivity contribution < 1.29 is 18.3 Å². The van der Waals surface area contributed by atoms with Crippen molar-refractivity contribution in [3.63, 3.8) is 0 Å². The van der Waals surface area contributed by atoms with Crippen LogP contribution in [-0.4, -0.2) is 12.9 Å². The number of hydrogen-bond donors (Lipinski definition) is 0. The van der Waals surface area contributed by atoms with Gasteiger partial charge in [-0.1, -0.05) is 15.9 Å². The number of Topliss-reactive ketones (excluding diaryl/α,β-unsaturated/α-hetero) is 1. The molecule has 0 N–H and O–H groups in total. The largest absolute Gasteiger partial charge is 0.496 e. The summed E-state index contributed by atoms with van der Waals surface area (Å²) in [7, 11) is 1.49. The van der Waals surface area contributed by atoms with E-state index in [1.807, 2.05) is 0 Å². The Labute approximate surface area is 123 Å². The third-order valence-electron chi connectivity index (χ3n) is 2.82. The fourth-order valence-corrected chi connectivity index (χ4v) is 2.27. The van der Waals surface area contributed by atoms with Crippen LogP contribution in [0.5, 0.6) is 5.75 Å². The number of methoxy groups -OCH3 is 1. The molecule has 0 aliphatic heterocycles. The van der Waals surface area contributed by atoms with E-state index in [1.165, 1.54) is 7.11 Å². The number of carbonyl (C=O) groups excluding carboxylic acids is 1. The van der Waals surface area contributed by atoms with Crippen LogP contribution in [0.3, 0.4) is 0 Å². The fraction of sp³-hybridized carbons (Fsp3) is 0.133. The van der Waals surface area contributed by atoms with Crippen LogP contribution in [0.25, 0.3) is 0 Å². The predicted octanol–water partition coefficient (Wildman–Crippen LogP) is 4.16. The summed E-state index contributed by atoms with van der Waals surface area (Å²) < 4.78 is 32.6. The highest BCUT2D eigenvalue weighted by Crippen LogP contribution is 2.25. The number of halogens is 3. The summed E-state index contributed by atoms with van der Waals surface area (Å²) in [6, 6.07) is 8.02. The quantitative estimate of drug-likeness (QED) is 0.781. The van der Waals surface area contributed by atoms with Gasteiger partial charge >= 0.3 is 0 Å². The van der Waals surface area contributed by atoms with Gasteiger partial charge in [-0.2, -0.15) is 0 Å². The van der Waals surface area contributed by atoms with E-state index < -0.39 is 17.4 Å². The van der Waals surface area contributed by atoms with Crippen molar-refractivity contribution in [2.75, 3.05) is 7.11 Å². The lowest BCUT2D eigenvalue weighted by Gasteiger charge is -2.09. The van der Waals surface area contributed by atoms with E-state index in [0.29, 0.717) is 11.3 Å². The van der Waals surface area contributed by atoms with E-state index in [1.54, 1.807) is 18.2 Å². The maximum Gasteiger partial charge on any atom is 0.170 e. The second-order valence-corrected chi connectivity index (χ2v) is 5.10. The number of benzene rings is 2. The summed E-state index contributed by atoms with van der Waals surface area (Å²) in [4.78, 5) is 12.1. The Morgan fingerprint density at radius 3 is 2.65 bits per heavy atom. The van der Waals surface area contributed by atoms with Crippen LogP contribution in [0.4, 0.5) is 8.78 Å². The van der Waals surface area contributed by atoms with Crippen molar-refractivity contribution in [2.24, 2.45) is 0 Å². The maximum absolute atomic E-state index is 13.6. The van der Waals surface area contributed by atoms with Crippen LogP contribution in [-0.2, 0) is 6.42 Å². The van der Waals surface area contributed by atoms with Gasteiger partial charge in [-0.05, 0) is 36.4 Å². The summed E-state index contributed by atoms with van der Waals surface area (Å²) in [6.45, 7) is 0. The van der Waals surface area contributed by atoms with Crippen LogP contribution in [0.15, 0.2) is 40.9 Å². The topological polar surface area (TPSA) is 26.3 Å². The lowest BCUT2D eigenvalue weighted by Crippen LogP contribution is -2.08. The maximum atomic E-state index is 13.6. The number of rotatable bonds is 4. The molecule has 0 unspecified atom stereocenters. The second kappa shape index (κ2) is 6.13. The first kappa shape index (κ1) is 14.7. The smallest absolute Gasteiger partial charge is 0.170 e. The fourth-order valence-electron chi connectivity index (χ4n) is 1.86. The molecule has 0 aromatic heterocycles. The third kappa shape index (κ3) is 3.22. The van der Waals surface area contributed by atoms with Gasteiger partial charge in [0.2, 0.25) is 0 Å². The molecule has 2 aromatic rings. The standard InChI is InChI=1S/C15H11BrF2O2/c1-20-15-5-2-10(16)6-9(15)7-14(19)12-8-11(17)3-4-13(12)18/h2-6,8H,7H2,1H3. The van der Waals surface area contributed by atoms with Crippen LogP contribution < -0.4 is 4.74 Å². The Hall–Kier alpha value is -1.75. The monoisotopic (exact) mass is 340 g/mol. The summed E-state index contributed by atoms with van der Waals surface area (Å²) in [5, 5.41) is 0. The van der Waals surface area contributed by atoms with Gasteiger partial charge in [-0.25, -0.2) is 8.78 Å². The third-order valence-corrected chi connectivity index (χ3v) is 3.32. The van der Waals surface area contributed by atoms with Crippen molar-refractivity contribution in [3.8, 4) is 5.75 Å². The number of ketones is 1. The van der Waals surface area contributed by atoms with Crippen molar-refractivity contribution in [2.45, 2.75) is 6.42 Å². The highest BCUT2D eigenvalue weighted by atomic mass is 79.9. The zero-order valence-corrected chi connectivity index (χ0v) is 12.2.